The molecule has 114 valence electrons. The second-order valence-corrected chi connectivity index (χ2v) is 5.90. The van der Waals surface area contributed by atoms with E-state index in [2.05, 4.69) is 32.2 Å². The lowest BCUT2D eigenvalue weighted by Crippen LogP contribution is -2.40. The minimum absolute atomic E-state index is 0.325. The predicted molar refractivity (Wildman–Crippen MR) is 84.3 cm³/mol. The first-order valence-corrected chi connectivity index (χ1v) is 7.55. The van der Waals surface area contributed by atoms with Crippen LogP contribution < -0.4 is 10.1 Å². The van der Waals surface area contributed by atoms with Crippen molar-refractivity contribution in [3.63, 3.8) is 0 Å². The highest BCUT2D eigenvalue weighted by Crippen LogP contribution is 2.19. The van der Waals surface area contributed by atoms with Gasteiger partial charge in [-0.05, 0) is 43.4 Å². The quantitative estimate of drug-likeness (QED) is 0.768. The molecule has 1 rings (SSSR count). The van der Waals surface area contributed by atoms with Crippen LogP contribution in [-0.4, -0.2) is 30.4 Å². The summed E-state index contributed by atoms with van der Waals surface area (Å²) in [5.74, 6) is 1.44. The van der Waals surface area contributed by atoms with E-state index in [1.165, 1.54) is 5.56 Å². The van der Waals surface area contributed by atoms with E-state index in [-0.39, 0.29) is 0 Å². The third-order valence-corrected chi connectivity index (χ3v) is 3.64. The van der Waals surface area contributed by atoms with Crippen LogP contribution >= 0.6 is 0 Å². The predicted octanol–water partition coefficient (Wildman–Crippen LogP) is 3.07. The van der Waals surface area contributed by atoms with Crippen LogP contribution in [0.15, 0.2) is 18.2 Å². The summed E-state index contributed by atoms with van der Waals surface area (Å²) >= 11 is 0. The van der Waals surface area contributed by atoms with Gasteiger partial charge >= 0.3 is 0 Å². The molecule has 0 spiro atoms. The largest absolute Gasteiger partial charge is 0.491 e. The minimum Gasteiger partial charge on any atom is -0.491 e. The summed E-state index contributed by atoms with van der Waals surface area (Å²) in [4.78, 5) is 0. The Kier molecular flexibility index (Phi) is 7.03. The normalized spacial score (nSPS) is 14.3. The van der Waals surface area contributed by atoms with Crippen LogP contribution in [0.25, 0.3) is 0 Å². The summed E-state index contributed by atoms with van der Waals surface area (Å²) < 4.78 is 5.72. The standard InChI is InChI=1S/C17H29NO2/c1-6-16(12(2)3)18-10-15(19)11-20-17-9-13(4)7-8-14(17)5/h7-9,12,15-16,18-19H,6,10-11H2,1-5H3. The van der Waals surface area contributed by atoms with Crippen molar-refractivity contribution in [3.05, 3.63) is 29.3 Å². The molecular formula is C17H29NO2. The second-order valence-electron chi connectivity index (χ2n) is 5.90. The molecule has 2 atom stereocenters. The maximum Gasteiger partial charge on any atom is 0.122 e. The SMILES string of the molecule is CCC(NCC(O)COc1cc(C)ccc1C)C(C)C. The molecule has 0 heterocycles. The van der Waals surface area contributed by atoms with E-state index in [0.29, 0.717) is 25.1 Å². The lowest BCUT2D eigenvalue weighted by molar-refractivity contribution is 0.101. The number of aryl methyl sites for hydroxylation is 2. The van der Waals surface area contributed by atoms with Crippen LogP contribution in [0.2, 0.25) is 0 Å². The zero-order valence-electron chi connectivity index (χ0n) is 13.4. The van der Waals surface area contributed by atoms with Crippen molar-refractivity contribution >= 4 is 0 Å². The minimum atomic E-state index is -0.484. The number of aliphatic hydroxyl groups excluding tert-OH is 1. The molecule has 0 aliphatic rings. The molecule has 0 amide bonds. The van der Waals surface area contributed by atoms with Gasteiger partial charge in [-0.1, -0.05) is 32.9 Å². The van der Waals surface area contributed by atoms with Gasteiger partial charge in [-0.2, -0.15) is 0 Å². The number of ether oxygens (including phenoxy) is 1. The van der Waals surface area contributed by atoms with Crippen molar-refractivity contribution < 1.29 is 9.84 Å². The summed E-state index contributed by atoms with van der Waals surface area (Å²) in [6.07, 6.45) is 0.588. The molecule has 0 aromatic heterocycles. The molecule has 3 nitrogen and oxygen atoms in total. The molecule has 2 N–H and O–H groups in total. The van der Waals surface area contributed by atoms with Crippen LogP contribution in [-0.2, 0) is 0 Å². The zero-order chi connectivity index (χ0) is 15.1. The third-order valence-electron chi connectivity index (χ3n) is 3.64. The van der Waals surface area contributed by atoms with Gasteiger partial charge < -0.3 is 15.2 Å². The first kappa shape index (κ1) is 17.0. The third kappa shape index (κ3) is 5.51. The van der Waals surface area contributed by atoms with E-state index in [1.807, 2.05) is 26.0 Å². The molecule has 0 aliphatic carbocycles. The van der Waals surface area contributed by atoms with Crippen LogP contribution in [0.5, 0.6) is 5.75 Å². The van der Waals surface area contributed by atoms with Crippen LogP contribution in [0, 0.1) is 19.8 Å². The molecule has 0 bridgehead atoms. The van der Waals surface area contributed by atoms with Gasteiger partial charge in [0.2, 0.25) is 0 Å². The Morgan fingerprint density at radius 2 is 1.95 bits per heavy atom. The number of hydrogen-bond donors (Lipinski definition) is 2. The van der Waals surface area contributed by atoms with Crippen LogP contribution in [0.3, 0.4) is 0 Å². The van der Waals surface area contributed by atoms with Crippen LogP contribution in [0.1, 0.15) is 38.3 Å². The van der Waals surface area contributed by atoms with Gasteiger partial charge in [0.25, 0.3) is 0 Å². The first-order valence-electron chi connectivity index (χ1n) is 7.55. The summed E-state index contributed by atoms with van der Waals surface area (Å²) in [7, 11) is 0. The Balaban J connectivity index is 2.39. The Morgan fingerprint density at radius 1 is 1.25 bits per heavy atom. The Morgan fingerprint density at radius 3 is 2.55 bits per heavy atom. The number of hydrogen-bond acceptors (Lipinski definition) is 3. The van der Waals surface area contributed by atoms with E-state index in [1.54, 1.807) is 0 Å². The molecule has 1 aromatic carbocycles. The molecular weight excluding hydrogens is 250 g/mol. The van der Waals surface area contributed by atoms with E-state index >= 15 is 0 Å². The maximum absolute atomic E-state index is 10.0. The molecule has 0 aliphatic heterocycles. The van der Waals surface area contributed by atoms with Gasteiger partial charge in [0.15, 0.2) is 0 Å². The molecule has 0 radical (unpaired) electrons. The van der Waals surface area contributed by atoms with E-state index in [4.69, 9.17) is 4.74 Å². The number of nitrogens with one attached hydrogen (secondary N) is 1. The van der Waals surface area contributed by atoms with E-state index in [9.17, 15) is 5.11 Å². The molecule has 3 heteroatoms. The highest BCUT2D eigenvalue weighted by molar-refractivity contribution is 5.35. The van der Waals surface area contributed by atoms with Gasteiger partial charge in [-0.3, -0.25) is 0 Å². The summed E-state index contributed by atoms with van der Waals surface area (Å²) in [5, 5.41) is 13.4. The highest BCUT2D eigenvalue weighted by Gasteiger charge is 2.13. The van der Waals surface area contributed by atoms with Crippen molar-refractivity contribution in [3.8, 4) is 5.75 Å². The summed E-state index contributed by atoms with van der Waals surface area (Å²) in [6, 6.07) is 6.57. The molecule has 0 fully saturated rings. The first-order chi connectivity index (χ1) is 9.43. The van der Waals surface area contributed by atoms with Gasteiger partial charge in [0.05, 0.1) is 0 Å². The van der Waals surface area contributed by atoms with E-state index < -0.39 is 6.10 Å². The average Bonchev–Trinajstić information content (AvgIpc) is 2.40. The second kappa shape index (κ2) is 8.28. The van der Waals surface area contributed by atoms with Gasteiger partial charge in [-0.25, -0.2) is 0 Å². The fourth-order valence-electron chi connectivity index (χ4n) is 2.25. The summed E-state index contributed by atoms with van der Waals surface area (Å²) in [5.41, 5.74) is 2.27. The lowest BCUT2D eigenvalue weighted by atomic mass is 10.0. The van der Waals surface area contributed by atoms with Gasteiger partial charge in [0.1, 0.15) is 18.5 Å². The van der Waals surface area contributed by atoms with Crippen molar-refractivity contribution in [1.29, 1.82) is 0 Å². The Bertz CT molecular complexity index is 404. The van der Waals surface area contributed by atoms with Gasteiger partial charge in [0, 0.05) is 12.6 Å². The number of rotatable bonds is 8. The fourth-order valence-corrected chi connectivity index (χ4v) is 2.25. The smallest absolute Gasteiger partial charge is 0.122 e. The molecule has 0 saturated carbocycles. The highest BCUT2D eigenvalue weighted by atomic mass is 16.5. The number of benzene rings is 1. The monoisotopic (exact) mass is 279 g/mol. The van der Waals surface area contributed by atoms with Crippen molar-refractivity contribution in [2.75, 3.05) is 13.2 Å². The van der Waals surface area contributed by atoms with Crippen LogP contribution in [0.4, 0.5) is 0 Å². The van der Waals surface area contributed by atoms with Crippen molar-refractivity contribution in [2.45, 2.75) is 53.2 Å². The Hall–Kier alpha value is -1.06. The van der Waals surface area contributed by atoms with E-state index in [0.717, 1.165) is 17.7 Å². The molecule has 2 unspecified atom stereocenters. The Labute approximate surface area is 123 Å². The van der Waals surface area contributed by atoms with Crippen molar-refractivity contribution in [1.82, 2.24) is 5.32 Å². The average molecular weight is 279 g/mol. The lowest BCUT2D eigenvalue weighted by Gasteiger charge is -2.23. The molecule has 20 heavy (non-hydrogen) atoms. The zero-order valence-corrected chi connectivity index (χ0v) is 13.4. The summed E-state index contributed by atoms with van der Waals surface area (Å²) in [6.45, 7) is 11.5. The van der Waals surface area contributed by atoms with Crippen molar-refractivity contribution in [2.24, 2.45) is 5.92 Å². The van der Waals surface area contributed by atoms with Gasteiger partial charge in [-0.15, -0.1) is 0 Å². The fraction of sp³-hybridized carbons (Fsp3) is 0.647. The molecule has 0 saturated heterocycles. The maximum atomic E-state index is 10.0. The number of aliphatic hydroxyl groups is 1. The topological polar surface area (TPSA) is 41.5 Å². The molecule has 1 aromatic rings.